The zero-order chi connectivity index (χ0) is 8.97. The fourth-order valence-corrected chi connectivity index (χ4v) is 1.17. The van der Waals surface area contributed by atoms with Crippen LogP contribution in [0.4, 0.5) is 5.82 Å². The summed E-state index contributed by atoms with van der Waals surface area (Å²) in [6, 6.07) is 4.13. The molecule has 0 unspecified atom stereocenters. The molecule has 0 saturated heterocycles. The molecule has 0 aliphatic heterocycles. The lowest BCUT2D eigenvalue weighted by Crippen LogP contribution is -2.06. The Kier molecular flexibility index (Phi) is 3.05. The molecule has 0 aliphatic carbocycles. The Morgan fingerprint density at radius 1 is 1.33 bits per heavy atom. The van der Waals surface area contributed by atoms with Gasteiger partial charge in [-0.2, -0.15) is 0 Å². The Morgan fingerprint density at radius 2 is 2.08 bits per heavy atom. The molecule has 0 fully saturated rings. The van der Waals surface area contributed by atoms with Crippen molar-refractivity contribution in [2.75, 3.05) is 19.4 Å². The quantitative estimate of drug-likeness (QED) is 0.705. The van der Waals surface area contributed by atoms with E-state index in [1.165, 1.54) is 5.56 Å². The second-order valence-corrected chi connectivity index (χ2v) is 2.78. The maximum absolute atomic E-state index is 4.30. The molecule has 1 aromatic heterocycles. The molecule has 1 aromatic rings. The van der Waals surface area contributed by atoms with E-state index in [2.05, 4.69) is 21.7 Å². The minimum absolute atomic E-state index is 0.887. The third-order valence-electron chi connectivity index (χ3n) is 1.65. The number of pyridine rings is 1. The van der Waals surface area contributed by atoms with Crippen molar-refractivity contribution in [2.45, 2.75) is 13.5 Å². The monoisotopic (exact) mass is 165 g/mol. The summed E-state index contributed by atoms with van der Waals surface area (Å²) in [7, 11) is 3.82. The van der Waals surface area contributed by atoms with Gasteiger partial charge in [-0.3, -0.25) is 0 Å². The maximum Gasteiger partial charge on any atom is 0.126 e. The number of aromatic nitrogens is 1. The van der Waals surface area contributed by atoms with Gasteiger partial charge in [0, 0.05) is 19.3 Å². The van der Waals surface area contributed by atoms with Crippen molar-refractivity contribution in [2.24, 2.45) is 0 Å². The third kappa shape index (κ3) is 2.20. The number of anilines is 1. The first-order valence-electron chi connectivity index (χ1n) is 4.06. The first kappa shape index (κ1) is 9.00. The number of hydrogen-bond acceptors (Lipinski definition) is 3. The summed E-state index contributed by atoms with van der Waals surface area (Å²) >= 11 is 0. The van der Waals surface area contributed by atoms with E-state index >= 15 is 0 Å². The number of nitrogens with one attached hydrogen (secondary N) is 2. The van der Waals surface area contributed by atoms with Crippen LogP contribution in [0.3, 0.4) is 0 Å². The standard InChI is InChI=1S/C9H15N3/c1-7-4-8(6-10-2)5-9(11-3)12-7/h4-5,10H,6H2,1-3H3,(H,11,12). The normalized spacial score (nSPS) is 9.92. The summed E-state index contributed by atoms with van der Waals surface area (Å²) in [5.41, 5.74) is 2.31. The SMILES string of the molecule is CNCc1cc(C)nc(NC)c1. The zero-order valence-corrected chi connectivity index (χ0v) is 7.81. The van der Waals surface area contributed by atoms with Crippen LogP contribution in [0.15, 0.2) is 12.1 Å². The van der Waals surface area contributed by atoms with Gasteiger partial charge in [-0.25, -0.2) is 4.98 Å². The average Bonchev–Trinajstić information content (AvgIpc) is 2.04. The van der Waals surface area contributed by atoms with Gasteiger partial charge in [0.1, 0.15) is 5.82 Å². The molecule has 3 nitrogen and oxygen atoms in total. The van der Waals surface area contributed by atoms with Crippen molar-refractivity contribution in [3.63, 3.8) is 0 Å². The highest BCUT2D eigenvalue weighted by molar-refractivity contribution is 5.38. The van der Waals surface area contributed by atoms with Gasteiger partial charge in [0.15, 0.2) is 0 Å². The fourth-order valence-electron chi connectivity index (χ4n) is 1.17. The number of rotatable bonds is 3. The Morgan fingerprint density at radius 3 is 2.67 bits per heavy atom. The number of aryl methyl sites for hydroxylation is 1. The Labute approximate surface area is 73.2 Å². The molecule has 2 N–H and O–H groups in total. The number of nitrogens with zero attached hydrogens (tertiary/aromatic N) is 1. The van der Waals surface area contributed by atoms with Crippen LogP contribution in [-0.4, -0.2) is 19.1 Å². The summed E-state index contributed by atoms with van der Waals surface area (Å²) in [6.07, 6.45) is 0. The second-order valence-electron chi connectivity index (χ2n) is 2.78. The summed E-state index contributed by atoms with van der Waals surface area (Å²) < 4.78 is 0. The maximum atomic E-state index is 4.30. The van der Waals surface area contributed by atoms with Gasteiger partial charge in [0.25, 0.3) is 0 Å². The predicted molar refractivity (Wildman–Crippen MR) is 51.3 cm³/mol. The zero-order valence-electron chi connectivity index (χ0n) is 7.81. The Bertz CT molecular complexity index is 258. The first-order chi connectivity index (χ1) is 5.76. The smallest absolute Gasteiger partial charge is 0.126 e. The van der Waals surface area contributed by atoms with Gasteiger partial charge >= 0.3 is 0 Å². The Hall–Kier alpha value is -1.09. The highest BCUT2D eigenvalue weighted by Crippen LogP contribution is 2.08. The lowest BCUT2D eigenvalue weighted by Gasteiger charge is -2.05. The molecular formula is C9H15N3. The van der Waals surface area contributed by atoms with E-state index in [9.17, 15) is 0 Å². The van der Waals surface area contributed by atoms with Crippen LogP contribution < -0.4 is 10.6 Å². The molecule has 66 valence electrons. The third-order valence-corrected chi connectivity index (χ3v) is 1.65. The van der Waals surface area contributed by atoms with Crippen LogP contribution in [0.5, 0.6) is 0 Å². The van der Waals surface area contributed by atoms with Crippen LogP contribution in [0.1, 0.15) is 11.3 Å². The summed E-state index contributed by atoms with van der Waals surface area (Å²) in [4.78, 5) is 4.30. The van der Waals surface area contributed by atoms with Crippen LogP contribution in [0.25, 0.3) is 0 Å². The molecule has 1 rings (SSSR count). The van der Waals surface area contributed by atoms with Crippen molar-refractivity contribution in [3.8, 4) is 0 Å². The molecule has 0 spiro atoms. The van der Waals surface area contributed by atoms with Gasteiger partial charge in [0.2, 0.25) is 0 Å². The van der Waals surface area contributed by atoms with Crippen molar-refractivity contribution in [1.29, 1.82) is 0 Å². The van der Waals surface area contributed by atoms with Gasteiger partial charge in [-0.15, -0.1) is 0 Å². The highest BCUT2D eigenvalue weighted by Gasteiger charge is 1.96. The molecule has 0 amide bonds. The summed E-state index contributed by atoms with van der Waals surface area (Å²) in [5, 5.41) is 6.13. The fraction of sp³-hybridized carbons (Fsp3) is 0.444. The van der Waals surface area contributed by atoms with Crippen LogP contribution in [0.2, 0.25) is 0 Å². The molecule has 0 saturated carbocycles. The van der Waals surface area contributed by atoms with Crippen molar-refractivity contribution >= 4 is 5.82 Å². The van der Waals surface area contributed by atoms with Gasteiger partial charge in [0.05, 0.1) is 0 Å². The number of hydrogen-bond donors (Lipinski definition) is 2. The van der Waals surface area contributed by atoms with Crippen molar-refractivity contribution in [1.82, 2.24) is 10.3 Å². The molecular weight excluding hydrogens is 150 g/mol. The van der Waals surface area contributed by atoms with Crippen molar-refractivity contribution in [3.05, 3.63) is 23.4 Å². The van der Waals surface area contributed by atoms with Crippen molar-refractivity contribution < 1.29 is 0 Å². The first-order valence-corrected chi connectivity index (χ1v) is 4.06. The van der Waals surface area contributed by atoms with Gasteiger partial charge in [-0.05, 0) is 31.7 Å². The van der Waals surface area contributed by atoms with E-state index in [4.69, 9.17) is 0 Å². The second kappa shape index (κ2) is 4.07. The molecule has 0 radical (unpaired) electrons. The summed E-state index contributed by atoms with van der Waals surface area (Å²) in [5.74, 6) is 0.931. The largest absolute Gasteiger partial charge is 0.373 e. The van der Waals surface area contributed by atoms with Gasteiger partial charge < -0.3 is 10.6 Å². The van der Waals surface area contributed by atoms with Crippen LogP contribution in [0, 0.1) is 6.92 Å². The van der Waals surface area contributed by atoms with E-state index < -0.39 is 0 Å². The predicted octanol–water partition coefficient (Wildman–Crippen LogP) is 1.15. The van der Waals surface area contributed by atoms with Crippen LogP contribution in [-0.2, 0) is 6.54 Å². The molecule has 3 heteroatoms. The molecule has 1 heterocycles. The molecule has 0 aromatic carbocycles. The molecule has 0 aliphatic rings. The molecule has 12 heavy (non-hydrogen) atoms. The van der Waals surface area contributed by atoms with E-state index in [1.54, 1.807) is 0 Å². The minimum Gasteiger partial charge on any atom is -0.373 e. The Balaban J connectivity index is 2.90. The van der Waals surface area contributed by atoms with E-state index in [1.807, 2.05) is 27.1 Å². The van der Waals surface area contributed by atoms with E-state index in [0.29, 0.717) is 0 Å². The van der Waals surface area contributed by atoms with Crippen LogP contribution >= 0.6 is 0 Å². The highest BCUT2D eigenvalue weighted by atomic mass is 15.0. The van der Waals surface area contributed by atoms with Gasteiger partial charge in [-0.1, -0.05) is 0 Å². The lowest BCUT2D eigenvalue weighted by atomic mass is 10.2. The molecule has 0 atom stereocenters. The van der Waals surface area contributed by atoms with E-state index in [0.717, 1.165) is 18.1 Å². The topological polar surface area (TPSA) is 37.0 Å². The van der Waals surface area contributed by atoms with E-state index in [-0.39, 0.29) is 0 Å². The molecule has 0 bridgehead atoms. The summed E-state index contributed by atoms with van der Waals surface area (Å²) in [6.45, 7) is 2.89. The lowest BCUT2D eigenvalue weighted by molar-refractivity contribution is 0.814. The average molecular weight is 165 g/mol. The minimum atomic E-state index is 0.887.